The normalized spacial score (nSPS) is 14.4. The summed E-state index contributed by atoms with van der Waals surface area (Å²) in [6, 6.07) is 1.31. The zero-order chi connectivity index (χ0) is 13.2. The topological polar surface area (TPSA) is 90.4 Å². The van der Waals surface area contributed by atoms with Crippen molar-refractivity contribution >= 4 is 5.78 Å². The lowest BCUT2D eigenvalue weighted by Gasteiger charge is -2.14. The zero-order valence-corrected chi connectivity index (χ0v) is 10.2. The fourth-order valence-electron chi connectivity index (χ4n) is 1.56. The van der Waals surface area contributed by atoms with E-state index in [1.54, 1.807) is 13.8 Å². The molecule has 1 rings (SSSR count). The van der Waals surface area contributed by atoms with E-state index in [1.165, 1.54) is 6.07 Å². The number of Topliss-reactive ketones (excluding diaryl/α,β-unsaturated/α-hetero) is 1. The van der Waals surface area contributed by atoms with Crippen LogP contribution in [-0.2, 0) is 4.79 Å². The van der Waals surface area contributed by atoms with Gasteiger partial charge in [0.1, 0.15) is 11.9 Å². The number of nitrogens with one attached hydrogen (secondary N) is 1. The number of aliphatic hydroxyl groups is 1. The molecule has 1 heterocycles. The SMILES string of the molecule is CC[C@@H](C)C(=O)C(O)c1c(O)cc(C)[nH]c1=O. The maximum absolute atomic E-state index is 11.7. The van der Waals surface area contributed by atoms with Crippen molar-refractivity contribution in [2.24, 2.45) is 5.92 Å². The summed E-state index contributed by atoms with van der Waals surface area (Å²) in [4.78, 5) is 25.8. The molecule has 1 aromatic rings. The van der Waals surface area contributed by atoms with Gasteiger partial charge < -0.3 is 15.2 Å². The highest BCUT2D eigenvalue weighted by Gasteiger charge is 2.27. The van der Waals surface area contributed by atoms with Gasteiger partial charge in [0.2, 0.25) is 0 Å². The molecule has 0 aliphatic carbocycles. The van der Waals surface area contributed by atoms with Crippen LogP contribution in [0.25, 0.3) is 0 Å². The van der Waals surface area contributed by atoms with E-state index in [9.17, 15) is 19.8 Å². The number of aromatic nitrogens is 1. The largest absolute Gasteiger partial charge is 0.507 e. The predicted octanol–water partition coefficient (Wildman–Crippen LogP) is 1.04. The van der Waals surface area contributed by atoms with E-state index in [0.29, 0.717) is 12.1 Å². The lowest BCUT2D eigenvalue weighted by atomic mass is 9.95. The molecule has 0 fully saturated rings. The van der Waals surface area contributed by atoms with Crippen molar-refractivity contribution in [3.05, 3.63) is 27.7 Å². The summed E-state index contributed by atoms with van der Waals surface area (Å²) in [6.45, 7) is 5.09. The van der Waals surface area contributed by atoms with E-state index < -0.39 is 17.4 Å². The number of carbonyl (C=O) groups is 1. The van der Waals surface area contributed by atoms with Crippen LogP contribution < -0.4 is 5.56 Å². The van der Waals surface area contributed by atoms with Crippen LogP contribution in [0.4, 0.5) is 0 Å². The Balaban J connectivity index is 3.17. The van der Waals surface area contributed by atoms with Crippen LogP contribution in [0.3, 0.4) is 0 Å². The third-order valence-electron chi connectivity index (χ3n) is 2.83. The van der Waals surface area contributed by atoms with Gasteiger partial charge in [0.05, 0.1) is 5.56 Å². The number of rotatable bonds is 4. The Morgan fingerprint density at radius 1 is 1.53 bits per heavy atom. The molecule has 5 nitrogen and oxygen atoms in total. The van der Waals surface area contributed by atoms with Crippen molar-refractivity contribution in [2.45, 2.75) is 33.3 Å². The van der Waals surface area contributed by atoms with Crippen LogP contribution in [0.1, 0.15) is 37.6 Å². The van der Waals surface area contributed by atoms with E-state index in [-0.39, 0.29) is 17.2 Å². The lowest BCUT2D eigenvalue weighted by Crippen LogP contribution is -2.26. The summed E-state index contributed by atoms with van der Waals surface area (Å²) in [7, 11) is 0. The van der Waals surface area contributed by atoms with Gasteiger partial charge in [0, 0.05) is 11.6 Å². The second-order valence-electron chi connectivity index (χ2n) is 4.19. The maximum Gasteiger partial charge on any atom is 0.258 e. The third-order valence-corrected chi connectivity index (χ3v) is 2.83. The zero-order valence-electron chi connectivity index (χ0n) is 10.2. The first-order chi connectivity index (χ1) is 7.88. The molecule has 5 heteroatoms. The number of carbonyl (C=O) groups excluding carboxylic acids is 1. The van der Waals surface area contributed by atoms with Gasteiger partial charge >= 0.3 is 0 Å². The molecule has 0 amide bonds. The molecule has 94 valence electrons. The van der Waals surface area contributed by atoms with Crippen LogP contribution in [0.5, 0.6) is 5.75 Å². The molecule has 0 aliphatic rings. The quantitative estimate of drug-likeness (QED) is 0.732. The molecule has 2 atom stereocenters. The first-order valence-electron chi connectivity index (χ1n) is 5.53. The molecular formula is C12H17NO4. The highest BCUT2D eigenvalue weighted by Crippen LogP contribution is 2.24. The molecule has 1 unspecified atom stereocenters. The smallest absolute Gasteiger partial charge is 0.258 e. The van der Waals surface area contributed by atoms with Crippen molar-refractivity contribution in [3.63, 3.8) is 0 Å². The minimum atomic E-state index is -1.57. The number of hydrogen-bond donors (Lipinski definition) is 3. The van der Waals surface area contributed by atoms with Crippen molar-refractivity contribution in [2.75, 3.05) is 0 Å². The average Bonchev–Trinajstić information content (AvgIpc) is 2.25. The Bertz CT molecular complexity index is 478. The van der Waals surface area contributed by atoms with Crippen LogP contribution in [0, 0.1) is 12.8 Å². The second-order valence-corrected chi connectivity index (χ2v) is 4.19. The standard InChI is InChI=1S/C12H17NO4/c1-4-6(2)10(15)11(16)9-8(14)5-7(3)13-12(9)17/h5-6,11,16H,4H2,1-3H3,(H2,13,14,17)/t6-,11?/m1/s1. The summed E-state index contributed by atoms with van der Waals surface area (Å²) in [5.41, 5.74) is -0.438. The Kier molecular flexibility index (Phi) is 4.07. The van der Waals surface area contributed by atoms with Gasteiger partial charge in [-0.1, -0.05) is 13.8 Å². The monoisotopic (exact) mass is 239 g/mol. The van der Waals surface area contributed by atoms with Gasteiger partial charge in [-0.2, -0.15) is 0 Å². The maximum atomic E-state index is 11.7. The fourth-order valence-corrected chi connectivity index (χ4v) is 1.56. The Morgan fingerprint density at radius 2 is 2.12 bits per heavy atom. The van der Waals surface area contributed by atoms with E-state index >= 15 is 0 Å². The van der Waals surface area contributed by atoms with E-state index in [2.05, 4.69) is 4.98 Å². The molecule has 0 spiro atoms. The summed E-state index contributed by atoms with van der Waals surface area (Å²) in [5.74, 6) is -1.17. The number of pyridine rings is 1. The van der Waals surface area contributed by atoms with Gasteiger partial charge in [-0.25, -0.2) is 0 Å². The van der Waals surface area contributed by atoms with Gasteiger partial charge in [0.25, 0.3) is 5.56 Å². The predicted molar refractivity (Wildman–Crippen MR) is 62.9 cm³/mol. The third kappa shape index (κ3) is 2.74. The highest BCUT2D eigenvalue weighted by molar-refractivity contribution is 5.86. The number of hydrogen-bond acceptors (Lipinski definition) is 4. The first-order valence-corrected chi connectivity index (χ1v) is 5.53. The number of aliphatic hydroxyl groups excluding tert-OH is 1. The van der Waals surface area contributed by atoms with Gasteiger partial charge in [0.15, 0.2) is 5.78 Å². The molecule has 3 N–H and O–H groups in total. The first kappa shape index (κ1) is 13.4. The summed E-state index contributed by atoms with van der Waals surface area (Å²) < 4.78 is 0. The van der Waals surface area contributed by atoms with E-state index in [4.69, 9.17) is 0 Å². The lowest BCUT2D eigenvalue weighted by molar-refractivity contribution is -0.131. The number of aromatic amines is 1. The molecule has 0 bridgehead atoms. The molecule has 0 radical (unpaired) electrons. The Labute approximate surface area is 99.1 Å². The van der Waals surface area contributed by atoms with Crippen molar-refractivity contribution in [3.8, 4) is 5.75 Å². The van der Waals surface area contributed by atoms with E-state index in [0.717, 1.165) is 0 Å². The average molecular weight is 239 g/mol. The Morgan fingerprint density at radius 3 is 2.59 bits per heavy atom. The highest BCUT2D eigenvalue weighted by atomic mass is 16.3. The molecule has 0 aliphatic heterocycles. The minimum absolute atomic E-state index is 0.277. The van der Waals surface area contributed by atoms with Crippen molar-refractivity contribution in [1.29, 1.82) is 0 Å². The Hall–Kier alpha value is -1.62. The molecule has 17 heavy (non-hydrogen) atoms. The number of aryl methyl sites for hydroxylation is 1. The van der Waals surface area contributed by atoms with Crippen molar-refractivity contribution < 1.29 is 15.0 Å². The van der Waals surface area contributed by atoms with Crippen LogP contribution in [0.15, 0.2) is 10.9 Å². The fraction of sp³-hybridized carbons (Fsp3) is 0.500. The van der Waals surface area contributed by atoms with E-state index in [1.807, 2.05) is 6.92 Å². The molecular weight excluding hydrogens is 222 g/mol. The van der Waals surface area contributed by atoms with Gasteiger partial charge in [-0.15, -0.1) is 0 Å². The number of aromatic hydroxyl groups is 1. The summed E-state index contributed by atoms with van der Waals surface area (Å²) in [6.07, 6.45) is -1.00. The second kappa shape index (κ2) is 5.14. The molecule has 0 aromatic carbocycles. The van der Waals surface area contributed by atoms with Crippen LogP contribution >= 0.6 is 0 Å². The van der Waals surface area contributed by atoms with Gasteiger partial charge in [-0.3, -0.25) is 9.59 Å². The minimum Gasteiger partial charge on any atom is -0.507 e. The number of H-pyrrole nitrogens is 1. The van der Waals surface area contributed by atoms with Crippen LogP contribution in [0.2, 0.25) is 0 Å². The van der Waals surface area contributed by atoms with Crippen LogP contribution in [-0.4, -0.2) is 21.0 Å². The van der Waals surface area contributed by atoms with Crippen molar-refractivity contribution in [1.82, 2.24) is 4.98 Å². The number of ketones is 1. The summed E-state index contributed by atoms with van der Waals surface area (Å²) >= 11 is 0. The molecule has 1 aromatic heterocycles. The van der Waals surface area contributed by atoms with Gasteiger partial charge in [-0.05, 0) is 19.4 Å². The molecule has 0 saturated carbocycles. The summed E-state index contributed by atoms with van der Waals surface area (Å²) in [5, 5.41) is 19.4. The molecule has 0 saturated heterocycles.